The fourth-order valence-corrected chi connectivity index (χ4v) is 1.69. The standard InChI is InChI=1S/C12H10N2O5/c15-12(16)9-4-8(19-14-9)5-13-7-1-2-10-11(3-7)18-6-17-10/h1-4,13H,5-6H2,(H,15,16). The van der Waals surface area contributed by atoms with Gasteiger partial charge in [0.25, 0.3) is 0 Å². The van der Waals surface area contributed by atoms with Crippen LogP contribution in [0.4, 0.5) is 5.69 Å². The van der Waals surface area contributed by atoms with Gasteiger partial charge < -0.3 is 24.4 Å². The van der Waals surface area contributed by atoms with Crippen LogP contribution < -0.4 is 14.8 Å². The number of carboxylic acid groups (broad SMARTS) is 1. The molecule has 1 aromatic carbocycles. The third-order valence-corrected chi connectivity index (χ3v) is 2.62. The first-order chi connectivity index (χ1) is 9.22. The van der Waals surface area contributed by atoms with Gasteiger partial charge >= 0.3 is 5.97 Å². The van der Waals surface area contributed by atoms with E-state index >= 15 is 0 Å². The molecule has 98 valence electrons. The summed E-state index contributed by atoms with van der Waals surface area (Å²) in [7, 11) is 0. The van der Waals surface area contributed by atoms with Gasteiger partial charge in [0.2, 0.25) is 6.79 Å². The minimum absolute atomic E-state index is 0.109. The fourth-order valence-electron chi connectivity index (χ4n) is 1.69. The number of nitrogens with zero attached hydrogens (tertiary/aromatic N) is 1. The summed E-state index contributed by atoms with van der Waals surface area (Å²) in [5, 5.41) is 15.2. The van der Waals surface area contributed by atoms with Crippen LogP contribution in [0.25, 0.3) is 0 Å². The molecule has 0 bridgehead atoms. The molecule has 0 saturated carbocycles. The molecule has 2 heterocycles. The van der Waals surface area contributed by atoms with Crippen LogP contribution in [0.15, 0.2) is 28.8 Å². The maximum absolute atomic E-state index is 10.6. The Morgan fingerprint density at radius 1 is 1.32 bits per heavy atom. The number of aromatic nitrogens is 1. The maximum Gasteiger partial charge on any atom is 0.358 e. The number of fused-ring (bicyclic) bond motifs is 1. The van der Waals surface area contributed by atoms with Crippen LogP contribution in [-0.4, -0.2) is 23.0 Å². The molecule has 0 aliphatic carbocycles. The molecule has 2 aromatic rings. The topological polar surface area (TPSA) is 93.8 Å². The van der Waals surface area contributed by atoms with Crippen molar-refractivity contribution >= 4 is 11.7 Å². The van der Waals surface area contributed by atoms with Crippen LogP contribution in [0.2, 0.25) is 0 Å². The highest BCUT2D eigenvalue weighted by Gasteiger charge is 2.14. The van der Waals surface area contributed by atoms with E-state index in [0.29, 0.717) is 23.8 Å². The minimum atomic E-state index is -1.11. The highest BCUT2D eigenvalue weighted by atomic mass is 16.7. The molecule has 0 unspecified atom stereocenters. The van der Waals surface area contributed by atoms with Gasteiger partial charge in [0.15, 0.2) is 23.0 Å². The fraction of sp³-hybridized carbons (Fsp3) is 0.167. The van der Waals surface area contributed by atoms with Gasteiger partial charge in [0.05, 0.1) is 6.54 Å². The summed E-state index contributed by atoms with van der Waals surface area (Å²) in [6.45, 7) is 0.558. The van der Waals surface area contributed by atoms with Gasteiger partial charge in [-0.1, -0.05) is 5.16 Å². The molecule has 1 aromatic heterocycles. The van der Waals surface area contributed by atoms with Crippen LogP contribution in [0.5, 0.6) is 11.5 Å². The number of nitrogens with one attached hydrogen (secondary N) is 1. The van der Waals surface area contributed by atoms with E-state index in [0.717, 1.165) is 5.69 Å². The van der Waals surface area contributed by atoms with E-state index in [1.54, 1.807) is 12.1 Å². The third-order valence-electron chi connectivity index (χ3n) is 2.62. The van der Waals surface area contributed by atoms with E-state index in [-0.39, 0.29) is 12.5 Å². The number of hydrogen-bond acceptors (Lipinski definition) is 6. The van der Waals surface area contributed by atoms with Gasteiger partial charge in [-0.2, -0.15) is 0 Å². The lowest BCUT2D eigenvalue weighted by atomic mass is 10.2. The van der Waals surface area contributed by atoms with Crippen LogP contribution >= 0.6 is 0 Å². The van der Waals surface area contributed by atoms with Crippen molar-refractivity contribution in [2.45, 2.75) is 6.54 Å². The van der Waals surface area contributed by atoms with Crippen molar-refractivity contribution in [1.82, 2.24) is 5.16 Å². The van der Waals surface area contributed by atoms with Crippen molar-refractivity contribution in [2.75, 3.05) is 12.1 Å². The average molecular weight is 262 g/mol. The minimum Gasteiger partial charge on any atom is -0.476 e. The van der Waals surface area contributed by atoms with Gasteiger partial charge in [-0.05, 0) is 12.1 Å². The number of anilines is 1. The van der Waals surface area contributed by atoms with E-state index in [1.807, 2.05) is 6.07 Å². The Morgan fingerprint density at radius 3 is 2.95 bits per heavy atom. The monoisotopic (exact) mass is 262 g/mol. The molecule has 0 atom stereocenters. The second-order valence-electron chi connectivity index (χ2n) is 3.91. The van der Waals surface area contributed by atoms with Crippen molar-refractivity contribution in [3.05, 3.63) is 35.7 Å². The van der Waals surface area contributed by atoms with Gasteiger partial charge in [-0.15, -0.1) is 0 Å². The second-order valence-corrected chi connectivity index (χ2v) is 3.91. The van der Waals surface area contributed by atoms with Crippen molar-refractivity contribution in [2.24, 2.45) is 0 Å². The molecule has 3 rings (SSSR count). The first-order valence-electron chi connectivity index (χ1n) is 5.55. The number of ether oxygens (including phenoxy) is 2. The molecule has 0 fully saturated rings. The molecular weight excluding hydrogens is 252 g/mol. The van der Waals surface area contributed by atoms with Crippen molar-refractivity contribution < 1.29 is 23.9 Å². The van der Waals surface area contributed by atoms with Crippen molar-refractivity contribution in [3.63, 3.8) is 0 Å². The van der Waals surface area contributed by atoms with Crippen molar-refractivity contribution in [3.8, 4) is 11.5 Å². The second kappa shape index (κ2) is 4.52. The Morgan fingerprint density at radius 2 is 2.16 bits per heavy atom. The molecule has 7 heteroatoms. The van der Waals surface area contributed by atoms with Gasteiger partial charge in [0.1, 0.15) is 0 Å². The van der Waals surface area contributed by atoms with E-state index in [2.05, 4.69) is 10.5 Å². The van der Waals surface area contributed by atoms with E-state index in [4.69, 9.17) is 19.1 Å². The summed E-state index contributed by atoms with van der Waals surface area (Å²) >= 11 is 0. The summed E-state index contributed by atoms with van der Waals surface area (Å²) < 4.78 is 15.3. The Labute approximate surface area is 107 Å². The lowest BCUT2D eigenvalue weighted by Crippen LogP contribution is -1.98. The highest BCUT2D eigenvalue weighted by molar-refractivity contribution is 5.85. The van der Waals surface area contributed by atoms with Crippen LogP contribution in [0, 0.1) is 0 Å². The van der Waals surface area contributed by atoms with Crippen LogP contribution in [0.1, 0.15) is 16.2 Å². The molecule has 2 N–H and O–H groups in total. The smallest absolute Gasteiger partial charge is 0.358 e. The third kappa shape index (κ3) is 2.30. The van der Waals surface area contributed by atoms with Crippen LogP contribution in [-0.2, 0) is 6.54 Å². The highest BCUT2D eigenvalue weighted by Crippen LogP contribution is 2.34. The Kier molecular flexibility index (Phi) is 2.71. The van der Waals surface area contributed by atoms with E-state index in [9.17, 15) is 4.79 Å². The van der Waals surface area contributed by atoms with Gasteiger partial charge in [0, 0.05) is 17.8 Å². The number of hydrogen-bond donors (Lipinski definition) is 2. The van der Waals surface area contributed by atoms with Crippen LogP contribution in [0.3, 0.4) is 0 Å². The zero-order valence-corrected chi connectivity index (χ0v) is 9.75. The zero-order valence-electron chi connectivity index (χ0n) is 9.75. The molecule has 1 aliphatic heterocycles. The Bertz CT molecular complexity index is 622. The molecule has 0 saturated heterocycles. The Hall–Kier alpha value is -2.70. The van der Waals surface area contributed by atoms with E-state index in [1.165, 1.54) is 6.07 Å². The number of carboxylic acids is 1. The molecule has 7 nitrogen and oxygen atoms in total. The van der Waals surface area contributed by atoms with E-state index < -0.39 is 5.97 Å². The lowest BCUT2D eigenvalue weighted by Gasteiger charge is -2.04. The molecule has 0 amide bonds. The quantitative estimate of drug-likeness (QED) is 0.866. The summed E-state index contributed by atoms with van der Waals surface area (Å²) in [6, 6.07) is 6.81. The average Bonchev–Trinajstić information content (AvgIpc) is 3.04. The Balaban J connectivity index is 1.67. The molecule has 19 heavy (non-hydrogen) atoms. The van der Waals surface area contributed by atoms with Gasteiger partial charge in [-0.3, -0.25) is 0 Å². The summed E-state index contributed by atoms with van der Waals surface area (Å²) in [5.41, 5.74) is 0.708. The molecule has 1 aliphatic rings. The summed E-state index contributed by atoms with van der Waals surface area (Å²) in [5.74, 6) is 0.709. The molecular formula is C12H10N2O5. The first-order valence-corrected chi connectivity index (χ1v) is 5.55. The number of carbonyl (C=O) groups is 1. The first kappa shape index (κ1) is 11.4. The number of aromatic carboxylic acids is 1. The SMILES string of the molecule is O=C(O)c1cc(CNc2ccc3c(c2)OCO3)on1. The summed E-state index contributed by atoms with van der Waals surface area (Å²) in [4.78, 5) is 10.6. The predicted octanol–water partition coefficient (Wildman–Crippen LogP) is 1.71. The maximum atomic E-state index is 10.6. The lowest BCUT2D eigenvalue weighted by molar-refractivity contribution is 0.0685. The molecule has 0 radical (unpaired) electrons. The van der Waals surface area contributed by atoms with Gasteiger partial charge in [-0.25, -0.2) is 4.79 Å². The largest absolute Gasteiger partial charge is 0.476 e. The number of rotatable bonds is 4. The normalized spacial score (nSPS) is 12.4. The summed E-state index contributed by atoms with van der Waals surface area (Å²) in [6.07, 6.45) is 0. The molecule has 0 spiro atoms. The van der Waals surface area contributed by atoms with Crippen molar-refractivity contribution in [1.29, 1.82) is 0 Å². The predicted molar refractivity (Wildman–Crippen MR) is 63.4 cm³/mol. The zero-order chi connectivity index (χ0) is 13.2. The number of benzene rings is 1.